The predicted molar refractivity (Wildman–Crippen MR) is 99.4 cm³/mol. The van der Waals surface area contributed by atoms with Crippen LogP contribution < -0.4 is 0 Å². The third-order valence-corrected chi connectivity index (χ3v) is 5.60. The highest BCUT2D eigenvalue weighted by molar-refractivity contribution is 9.11. The van der Waals surface area contributed by atoms with Crippen molar-refractivity contribution in [3.8, 4) is 11.5 Å². The lowest BCUT2D eigenvalue weighted by Crippen LogP contribution is -2.08. The Hall–Kier alpha value is -1.02. The number of phenols is 2. The van der Waals surface area contributed by atoms with Gasteiger partial charge in [0.05, 0.1) is 15.4 Å². The van der Waals surface area contributed by atoms with E-state index >= 15 is 0 Å². The zero-order chi connectivity index (χ0) is 17.1. The van der Waals surface area contributed by atoms with Crippen molar-refractivity contribution in [3.63, 3.8) is 0 Å². The third kappa shape index (κ3) is 3.91. The number of esters is 1. The Morgan fingerprint density at radius 2 is 1.96 bits per heavy atom. The van der Waals surface area contributed by atoms with Gasteiger partial charge in [0.25, 0.3) is 0 Å². The second kappa shape index (κ2) is 7.70. The van der Waals surface area contributed by atoms with E-state index in [1.807, 2.05) is 6.07 Å². The van der Waals surface area contributed by atoms with Crippen LogP contribution in [-0.4, -0.2) is 22.8 Å². The molecule has 0 aliphatic carbocycles. The van der Waals surface area contributed by atoms with Gasteiger partial charge in [0.1, 0.15) is 21.5 Å². The quantitative estimate of drug-likeness (QED) is 0.550. The second-order valence-electron chi connectivity index (χ2n) is 4.31. The van der Waals surface area contributed by atoms with E-state index in [1.54, 1.807) is 25.1 Å². The first-order chi connectivity index (χ1) is 10.9. The molecule has 0 spiro atoms. The van der Waals surface area contributed by atoms with Gasteiger partial charge in [-0.1, -0.05) is 17.7 Å². The van der Waals surface area contributed by atoms with Crippen LogP contribution in [0.15, 0.2) is 21.1 Å². The van der Waals surface area contributed by atoms with Gasteiger partial charge in [0.15, 0.2) is 0 Å². The molecule has 0 radical (unpaired) electrons. The van der Waals surface area contributed by atoms with Crippen molar-refractivity contribution in [2.75, 3.05) is 6.61 Å². The second-order valence-corrected chi connectivity index (χ2v) is 7.64. The van der Waals surface area contributed by atoms with E-state index < -0.39 is 5.97 Å². The average Bonchev–Trinajstić information content (AvgIpc) is 2.93. The number of hydrogen-bond acceptors (Lipinski definition) is 5. The van der Waals surface area contributed by atoms with Crippen LogP contribution in [0.25, 0.3) is 12.2 Å². The Morgan fingerprint density at radius 3 is 2.52 bits per heavy atom. The van der Waals surface area contributed by atoms with Gasteiger partial charge >= 0.3 is 5.97 Å². The van der Waals surface area contributed by atoms with Gasteiger partial charge < -0.3 is 14.9 Å². The molecule has 23 heavy (non-hydrogen) atoms. The monoisotopic (exact) mass is 480 g/mol. The number of hydrogen-bond donors (Lipinski definition) is 2. The van der Waals surface area contributed by atoms with Crippen molar-refractivity contribution < 1.29 is 19.7 Å². The highest BCUT2D eigenvalue weighted by atomic mass is 79.9. The Balaban J connectivity index is 2.60. The van der Waals surface area contributed by atoms with Gasteiger partial charge in [-0.2, -0.15) is 0 Å². The van der Waals surface area contributed by atoms with Crippen LogP contribution >= 0.6 is 54.8 Å². The van der Waals surface area contributed by atoms with Crippen LogP contribution in [0.1, 0.15) is 27.7 Å². The van der Waals surface area contributed by atoms with Crippen LogP contribution in [0.2, 0.25) is 4.34 Å². The molecule has 0 aliphatic rings. The molecule has 0 bridgehead atoms. The van der Waals surface area contributed by atoms with Gasteiger partial charge in [-0.25, -0.2) is 4.79 Å². The van der Waals surface area contributed by atoms with E-state index in [9.17, 15) is 15.0 Å². The summed E-state index contributed by atoms with van der Waals surface area (Å²) in [6.45, 7) is 1.83. The molecule has 122 valence electrons. The Kier molecular flexibility index (Phi) is 6.13. The number of halogens is 3. The molecule has 1 heterocycles. The van der Waals surface area contributed by atoms with Crippen molar-refractivity contribution in [2.45, 2.75) is 6.92 Å². The van der Waals surface area contributed by atoms with E-state index in [0.29, 0.717) is 9.90 Å². The minimum absolute atomic E-state index is 0.0174. The van der Waals surface area contributed by atoms with Gasteiger partial charge in [-0.3, -0.25) is 0 Å². The summed E-state index contributed by atoms with van der Waals surface area (Å²) in [5.74, 6) is -1.28. The van der Waals surface area contributed by atoms with Crippen LogP contribution in [-0.2, 0) is 4.74 Å². The largest absolute Gasteiger partial charge is 0.506 e. The number of benzene rings is 1. The summed E-state index contributed by atoms with van der Waals surface area (Å²) in [7, 11) is 0. The lowest BCUT2D eigenvalue weighted by Gasteiger charge is -2.13. The zero-order valence-corrected chi connectivity index (χ0v) is 16.5. The normalized spacial score (nSPS) is 11.1. The predicted octanol–water partition coefficient (Wildman–Crippen LogP) is 5.68. The first-order valence-electron chi connectivity index (χ1n) is 6.40. The van der Waals surface area contributed by atoms with Gasteiger partial charge in [0, 0.05) is 10.4 Å². The maximum atomic E-state index is 12.2. The van der Waals surface area contributed by atoms with Crippen molar-refractivity contribution in [2.24, 2.45) is 0 Å². The molecule has 0 fully saturated rings. The van der Waals surface area contributed by atoms with E-state index in [2.05, 4.69) is 31.9 Å². The highest BCUT2D eigenvalue weighted by Crippen LogP contribution is 2.45. The fraction of sp³-hybridized carbons (Fsp3) is 0.133. The van der Waals surface area contributed by atoms with Crippen molar-refractivity contribution in [3.05, 3.63) is 41.4 Å². The van der Waals surface area contributed by atoms with Crippen molar-refractivity contribution in [1.29, 1.82) is 0 Å². The summed E-state index contributed by atoms with van der Waals surface area (Å²) in [5.41, 5.74) is 0.272. The third-order valence-electron chi connectivity index (χ3n) is 2.85. The molecular formula is C15H11Br2ClO4S. The Bertz CT molecular complexity index is 786. The molecule has 0 saturated heterocycles. The Labute approximate surface area is 158 Å². The molecule has 0 saturated carbocycles. The van der Waals surface area contributed by atoms with Crippen molar-refractivity contribution >= 4 is 72.9 Å². The summed E-state index contributed by atoms with van der Waals surface area (Å²) in [6, 6.07) is 3.57. The number of rotatable bonds is 4. The van der Waals surface area contributed by atoms with Gasteiger partial charge in [0.2, 0.25) is 0 Å². The summed E-state index contributed by atoms with van der Waals surface area (Å²) in [5, 5.41) is 20.2. The fourth-order valence-electron chi connectivity index (χ4n) is 1.83. The maximum absolute atomic E-state index is 12.2. The first-order valence-corrected chi connectivity index (χ1v) is 9.18. The Morgan fingerprint density at radius 1 is 1.26 bits per heavy atom. The lowest BCUT2D eigenvalue weighted by atomic mass is 10.0. The maximum Gasteiger partial charge on any atom is 0.342 e. The first kappa shape index (κ1) is 18.3. The molecular weight excluding hydrogens is 471 g/mol. The number of thiophene rings is 1. The zero-order valence-electron chi connectivity index (χ0n) is 11.8. The number of carbonyl (C=O) groups excluding carboxylic acids is 1. The number of aromatic hydroxyl groups is 2. The average molecular weight is 483 g/mol. The van der Waals surface area contributed by atoms with E-state index in [4.69, 9.17) is 16.3 Å². The minimum Gasteiger partial charge on any atom is -0.506 e. The van der Waals surface area contributed by atoms with Crippen LogP contribution in [0.3, 0.4) is 0 Å². The molecule has 0 amide bonds. The smallest absolute Gasteiger partial charge is 0.342 e. The van der Waals surface area contributed by atoms with Crippen LogP contribution in [0, 0.1) is 0 Å². The highest BCUT2D eigenvalue weighted by Gasteiger charge is 2.25. The number of phenolic OH excluding ortho intramolecular Hbond substituents is 2. The molecule has 1 aromatic heterocycles. The molecule has 4 nitrogen and oxygen atoms in total. The van der Waals surface area contributed by atoms with E-state index in [1.165, 1.54) is 11.3 Å². The molecule has 2 aromatic rings. The molecule has 2 N–H and O–H groups in total. The summed E-state index contributed by atoms with van der Waals surface area (Å²) < 4.78 is 5.90. The van der Waals surface area contributed by atoms with Crippen molar-refractivity contribution in [1.82, 2.24) is 0 Å². The topological polar surface area (TPSA) is 66.8 Å². The van der Waals surface area contributed by atoms with Crippen LogP contribution in [0.5, 0.6) is 11.5 Å². The molecule has 1 aromatic carbocycles. The van der Waals surface area contributed by atoms with Crippen LogP contribution in [0.4, 0.5) is 0 Å². The summed E-state index contributed by atoms with van der Waals surface area (Å²) in [6.07, 6.45) is 3.33. The fourth-order valence-corrected chi connectivity index (χ4v) is 3.99. The van der Waals surface area contributed by atoms with Gasteiger partial charge in [-0.15, -0.1) is 11.3 Å². The SMILES string of the molecule is CCOC(=O)c1c(O)c(Br)c(O)c(Br)c1/C=C/c1ccc(Cl)s1. The molecule has 0 aliphatic heterocycles. The standard InChI is InChI=1S/C15H11Br2ClO4S/c1-2-22-15(21)10-8(5-3-7-4-6-9(18)23-7)11(16)14(20)12(17)13(10)19/h3-6,19-20H,2H2,1H3/b5-3+. The number of ether oxygens (including phenoxy) is 1. The molecule has 0 unspecified atom stereocenters. The van der Waals surface area contributed by atoms with E-state index in [0.717, 1.165) is 4.88 Å². The number of carbonyl (C=O) groups is 1. The van der Waals surface area contributed by atoms with E-state index in [-0.39, 0.29) is 32.6 Å². The minimum atomic E-state index is -0.685. The molecule has 2 rings (SSSR count). The summed E-state index contributed by atoms with van der Waals surface area (Å²) in [4.78, 5) is 13.0. The van der Waals surface area contributed by atoms with Gasteiger partial charge in [-0.05, 0) is 57.0 Å². The summed E-state index contributed by atoms with van der Waals surface area (Å²) >= 11 is 13.5. The molecule has 0 atom stereocenters. The molecule has 8 heteroatoms. The lowest BCUT2D eigenvalue weighted by molar-refractivity contribution is 0.0522.